The number of hydrogen-bond acceptors (Lipinski definition) is 8. The molecule has 9 nitrogen and oxygen atoms in total. The number of phenolic OH excluding ortho intramolecular Hbond substituents is 1. The van der Waals surface area contributed by atoms with Gasteiger partial charge in [-0.1, -0.05) is 30.9 Å². The van der Waals surface area contributed by atoms with Crippen molar-refractivity contribution in [1.82, 2.24) is 10.3 Å². The fourth-order valence-electron chi connectivity index (χ4n) is 6.20. The number of ether oxygens (including phenoxy) is 1. The van der Waals surface area contributed by atoms with Crippen LogP contribution in [0.15, 0.2) is 60.1 Å². The summed E-state index contributed by atoms with van der Waals surface area (Å²) in [5.41, 5.74) is 9.06. The number of aliphatic hydroxyl groups excluding tert-OH is 4. The van der Waals surface area contributed by atoms with Gasteiger partial charge >= 0.3 is 0 Å². The van der Waals surface area contributed by atoms with E-state index in [1.54, 1.807) is 18.2 Å². The number of rotatable bonds is 14. The van der Waals surface area contributed by atoms with Gasteiger partial charge in [0.1, 0.15) is 6.10 Å². The number of aromatic nitrogens is 1. The van der Waals surface area contributed by atoms with Crippen molar-refractivity contribution in [1.29, 1.82) is 0 Å². The van der Waals surface area contributed by atoms with E-state index < -0.39 is 18.3 Å². The molecular weight excluding hydrogens is 558 g/mol. The van der Waals surface area contributed by atoms with E-state index in [-0.39, 0.29) is 42.5 Å². The van der Waals surface area contributed by atoms with E-state index in [4.69, 9.17) is 10.5 Å². The van der Waals surface area contributed by atoms with Gasteiger partial charge < -0.3 is 46.3 Å². The Bertz CT molecular complexity index is 1280. The van der Waals surface area contributed by atoms with Gasteiger partial charge in [-0.3, -0.25) is 0 Å². The molecule has 0 radical (unpaired) electrons. The molecule has 2 aliphatic rings. The van der Waals surface area contributed by atoms with E-state index >= 15 is 0 Å². The van der Waals surface area contributed by atoms with Crippen molar-refractivity contribution in [2.24, 2.45) is 23.5 Å². The largest absolute Gasteiger partial charge is 0.504 e. The highest BCUT2D eigenvalue weighted by Gasteiger charge is 2.27. The van der Waals surface area contributed by atoms with Gasteiger partial charge in [-0.25, -0.2) is 0 Å². The topological polar surface area (TPSA) is 164 Å². The third kappa shape index (κ3) is 10.1. The molecule has 9 heteroatoms. The van der Waals surface area contributed by atoms with Gasteiger partial charge in [0, 0.05) is 43.3 Å². The highest BCUT2D eigenvalue weighted by atomic mass is 16.5. The van der Waals surface area contributed by atoms with Crippen LogP contribution in [0.4, 0.5) is 0 Å². The molecule has 1 aromatic heterocycles. The monoisotopic (exact) mass is 607 g/mol. The molecule has 2 heterocycles. The van der Waals surface area contributed by atoms with Crippen LogP contribution < -0.4 is 15.8 Å². The number of phenols is 1. The number of H-pyrrole nitrogens is 1. The molecule has 2 aromatic rings. The second-order valence-electron chi connectivity index (χ2n) is 12.1. The third-order valence-corrected chi connectivity index (χ3v) is 8.78. The lowest BCUT2D eigenvalue weighted by Gasteiger charge is -2.27. The van der Waals surface area contributed by atoms with Gasteiger partial charge in [0.25, 0.3) is 0 Å². The molecule has 0 unspecified atom stereocenters. The second-order valence-corrected chi connectivity index (χ2v) is 12.1. The molecule has 0 fully saturated rings. The Hall–Kier alpha value is -3.42. The average Bonchev–Trinajstić information content (AvgIpc) is 3.53. The SMILES string of the molecule is NC1=CC([C@@H](Cc2ccc[nH]2)C[C@H](CO)Oc2cc(CC[C@@H](O)[C@H]3CC#C[C@H](CCO)CCCC[C@@H]3O)ccc2O)=CCN1. The molecule has 6 atom stereocenters. The minimum absolute atomic E-state index is 0.0191. The molecule has 0 bridgehead atoms. The van der Waals surface area contributed by atoms with Crippen LogP contribution in [0.3, 0.4) is 0 Å². The summed E-state index contributed by atoms with van der Waals surface area (Å²) < 4.78 is 6.19. The van der Waals surface area contributed by atoms with Crippen molar-refractivity contribution < 1.29 is 30.3 Å². The molecular formula is C35H49N3O6. The number of nitrogens with one attached hydrogen (secondary N) is 2. The smallest absolute Gasteiger partial charge is 0.161 e. The number of benzene rings is 1. The molecule has 44 heavy (non-hydrogen) atoms. The lowest BCUT2D eigenvalue weighted by molar-refractivity contribution is 0.00555. The van der Waals surface area contributed by atoms with Gasteiger partial charge in [-0.2, -0.15) is 0 Å². The maximum absolute atomic E-state index is 11.1. The molecule has 1 aromatic carbocycles. The van der Waals surface area contributed by atoms with Crippen molar-refractivity contribution >= 4 is 0 Å². The van der Waals surface area contributed by atoms with Crippen LogP contribution in [0.1, 0.15) is 62.6 Å². The van der Waals surface area contributed by atoms with Crippen molar-refractivity contribution in [3.63, 3.8) is 0 Å². The number of aliphatic hydroxyl groups is 4. The fourth-order valence-corrected chi connectivity index (χ4v) is 6.20. The van der Waals surface area contributed by atoms with E-state index in [0.29, 0.717) is 57.3 Å². The van der Waals surface area contributed by atoms with Gasteiger partial charge in [-0.05, 0) is 92.3 Å². The number of aromatic amines is 1. The summed E-state index contributed by atoms with van der Waals surface area (Å²) in [6.45, 7) is 0.517. The minimum Gasteiger partial charge on any atom is -0.504 e. The Morgan fingerprint density at radius 1 is 1.14 bits per heavy atom. The highest BCUT2D eigenvalue weighted by Crippen LogP contribution is 2.32. The highest BCUT2D eigenvalue weighted by molar-refractivity contribution is 5.42. The first-order valence-corrected chi connectivity index (χ1v) is 15.9. The van der Waals surface area contributed by atoms with Crippen LogP contribution in [0.5, 0.6) is 11.5 Å². The molecule has 0 saturated heterocycles. The minimum atomic E-state index is -0.745. The quantitative estimate of drug-likeness (QED) is 0.152. The zero-order valence-corrected chi connectivity index (χ0v) is 25.5. The Labute approximate surface area is 260 Å². The van der Waals surface area contributed by atoms with Crippen LogP contribution in [0, 0.1) is 29.6 Å². The number of nitrogens with two attached hydrogens (primary N) is 1. The van der Waals surface area contributed by atoms with Gasteiger partial charge in [-0.15, -0.1) is 5.92 Å². The summed E-state index contributed by atoms with van der Waals surface area (Å²) in [6, 6.07) is 9.12. The number of aryl methyl sites for hydroxylation is 1. The Kier molecular flexibility index (Phi) is 13.1. The maximum Gasteiger partial charge on any atom is 0.161 e. The van der Waals surface area contributed by atoms with Gasteiger partial charge in [0.2, 0.25) is 0 Å². The second kappa shape index (κ2) is 17.2. The summed E-state index contributed by atoms with van der Waals surface area (Å²) in [4.78, 5) is 3.25. The van der Waals surface area contributed by atoms with Crippen LogP contribution in [0.2, 0.25) is 0 Å². The first-order valence-electron chi connectivity index (χ1n) is 15.9. The zero-order valence-electron chi connectivity index (χ0n) is 25.5. The standard InChI is InChI=1S/C35H49N3O6/c36-35-22-26(14-17-38-35)27(20-28-7-4-16-37-28)21-29(23-40)44-34-19-25(11-13-33(34)43)10-12-32(42)30-8-3-6-24(15-18-39)5-1-2-9-31(30)41/h4,7,11,13-14,16,19,22,24,27,29-32,37-43H,1-2,5,8-10,12,15,17-18,20-21,23,36H2/t24-,27+,29-,30+,31+,32-/m1/s1. The fraction of sp³-hybridized carbons (Fsp3) is 0.543. The van der Waals surface area contributed by atoms with E-state index in [2.05, 4.69) is 28.2 Å². The van der Waals surface area contributed by atoms with E-state index in [9.17, 15) is 25.5 Å². The van der Waals surface area contributed by atoms with Crippen molar-refractivity contribution in [3.8, 4) is 23.3 Å². The zero-order chi connectivity index (χ0) is 31.3. The van der Waals surface area contributed by atoms with Crippen molar-refractivity contribution in [2.75, 3.05) is 19.8 Å². The average molecular weight is 608 g/mol. The molecule has 1 aliphatic carbocycles. The number of allylic oxidation sites excluding steroid dienone is 2. The molecule has 0 spiro atoms. The van der Waals surface area contributed by atoms with Crippen molar-refractivity contribution in [2.45, 2.75) is 82.5 Å². The van der Waals surface area contributed by atoms with E-state index in [1.807, 2.05) is 24.4 Å². The molecule has 9 N–H and O–H groups in total. The summed E-state index contributed by atoms with van der Waals surface area (Å²) in [5, 5.41) is 55.2. The molecule has 0 amide bonds. The first kappa shape index (κ1) is 33.5. The Morgan fingerprint density at radius 2 is 1.98 bits per heavy atom. The van der Waals surface area contributed by atoms with E-state index in [0.717, 1.165) is 36.1 Å². The molecule has 1 aliphatic heterocycles. The summed E-state index contributed by atoms with van der Waals surface area (Å²) >= 11 is 0. The lowest BCUT2D eigenvalue weighted by Crippen LogP contribution is -2.32. The van der Waals surface area contributed by atoms with Crippen LogP contribution >= 0.6 is 0 Å². The number of aromatic hydroxyl groups is 1. The van der Waals surface area contributed by atoms with Crippen LogP contribution in [-0.4, -0.2) is 68.6 Å². The predicted molar refractivity (Wildman–Crippen MR) is 170 cm³/mol. The lowest BCUT2D eigenvalue weighted by atomic mass is 9.85. The van der Waals surface area contributed by atoms with Crippen LogP contribution in [-0.2, 0) is 12.8 Å². The normalized spacial score (nSPS) is 22.8. The van der Waals surface area contributed by atoms with Gasteiger partial charge in [0.15, 0.2) is 11.5 Å². The Morgan fingerprint density at radius 3 is 2.73 bits per heavy atom. The summed E-state index contributed by atoms with van der Waals surface area (Å²) in [5.74, 6) is 7.10. The van der Waals surface area contributed by atoms with E-state index in [1.165, 1.54) is 0 Å². The Balaban J connectivity index is 1.40. The number of dihydropyridines is 1. The first-order chi connectivity index (χ1) is 21.4. The van der Waals surface area contributed by atoms with Crippen molar-refractivity contribution in [3.05, 3.63) is 71.3 Å². The molecule has 4 rings (SSSR count). The predicted octanol–water partition coefficient (Wildman–Crippen LogP) is 3.28. The van der Waals surface area contributed by atoms with Crippen LogP contribution in [0.25, 0.3) is 0 Å². The summed E-state index contributed by atoms with van der Waals surface area (Å²) in [6.07, 6.45) is 10.5. The third-order valence-electron chi connectivity index (χ3n) is 8.78. The molecule has 0 saturated carbocycles. The maximum atomic E-state index is 11.1. The molecule has 240 valence electrons. The number of hydrogen-bond donors (Lipinski definition) is 8. The van der Waals surface area contributed by atoms with Gasteiger partial charge in [0.05, 0.1) is 24.6 Å². The summed E-state index contributed by atoms with van der Waals surface area (Å²) in [7, 11) is 0.